The molecule has 0 heterocycles. The number of halogens is 1. The van der Waals surface area contributed by atoms with Crippen molar-refractivity contribution >= 4 is 33.2 Å². The van der Waals surface area contributed by atoms with Gasteiger partial charge < -0.3 is 10.1 Å². The van der Waals surface area contributed by atoms with Crippen LogP contribution in [0.2, 0.25) is 0 Å². The molecule has 0 aliphatic rings. The second-order valence-corrected chi connectivity index (χ2v) is 8.04. The van der Waals surface area contributed by atoms with Gasteiger partial charge in [-0.15, -0.1) is 0 Å². The van der Waals surface area contributed by atoms with Gasteiger partial charge in [-0.2, -0.15) is 0 Å². The highest BCUT2D eigenvalue weighted by Gasteiger charge is 2.37. The Morgan fingerprint density at radius 1 is 1.04 bits per heavy atom. The van der Waals surface area contributed by atoms with Crippen LogP contribution in [-0.2, 0) is 24.2 Å². The number of methoxy groups -OCH3 is 1. The molecule has 0 spiro atoms. The first-order chi connectivity index (χ1) is 13.2. The SMILES string of the molecule is COC(=O)CC(C(=O)c1ccccc1)S(=O)(=O)CC(=O)Nc1ccc(F)cc1. The Hall–Kier alpha value is -3.07. The van der Waals surface area contributed by atoms with Crippen molar-refractivity contribution in [3.05, 3.63) is 66.0 Å². The maximum Gasteiger partial charge on any atom is 0.307 e. The van der Waals surface area contributed by atoms with Crippen LogP contribution in [0.25, 0.3) is 0 Å². The van der Waals surface area contributed by atoms with Crippen LogP contribution in [0.1, 0.15) is 16.8 Å². The van der Waals surface area contributed by atoms with Crippen molar-refractivity contribution in [2.75, 3.05) is 18.2 Å². The summed E-state index contributed by atoms with van der Waals surface area (Å²) < 4.78 is 42.8. The number of carbonyl (C=O) groups excluding carboxylic acids is 3. The number of ether oxygens (including phenoxy) is 1. The van der Waals surface area contributed by atoms with Gasteiger partial charge in [0.2, 0.25) is 5.91 Å². The van der Waals surface area contributed by atoms with Crippen LogP contribution in [-0.4, -0.2) is 44.2 Å². The summed E-state index contributed by atoms with van der Waals surface area (Å²) in [5, 5.41) is 0.551. The van der Waals surface area contributed by atoms with E-state index in [4.69, 9.17) is 0 Å². The van der Waals surface area contributed by atoms with Gasteiger partial charge in [-0.05, 0) is 24.3 Å². The number of carbonyl (C=O) groups is 3. The Morgan fingerprint density at radius 2 is 1.64 bits per heavy atom. The number of esters is 1. The van der Waals surface area contributed by atoms with E-state index < -0.39 is 50.7 Å². The molecule has 7 nitrogen and oxygen atoms in total. The minimum atomic E-state index is -4.34. The van der Waals surface area contributed by atoms with Gasteiger partial charge >= 0.3 is 5.97 Å². The van der Waals surface area contributed by atoms with Crippen molar-refractivity contribution < 1.29 is 31.9 Å². The molecule has 1 N–H and O–H groups in total. The Balaban J connectivity index is 2.22. The normalized spacial score (nSPS) is 12.1. The van der Waals surface area contributed by atoms with Gasteiger partial charge in [0.05, 0.1) is 13.5 Å². The quantitative estimate of drug-likeness (QED) is 0.530. The van der Waals surface area contributed by atoms with Gasteiger partial charge in [-0.1, -0.05) is 30.3 Å². The van der Waals surface area contributed by atoms with Gasteiger partial charge in [0.1, 0.15) is 16.8 Å². The third kappa shape index (κ3) is 5.71. The lowest BCUT2D eigenvalue weighted by atomic mass is 10.1. The molecule has 1 atom stereocenters. The van der Waals surface area contributed by atoms with Crippen LogP contribution in [0.3, 0.4) is 0 Å². The maximum absolute atomic E-state index is 12.9. The lowest BCUT2D eigenvalue weighted by molar-refractivity contribution is -0.140. The molecule has 28 heavy (non-hydrogen) atoms. The molecular formula is C19H18FNO6S. The average Bonchev–Trinajstić information content (AvgIpc) is 2.67. The van der Waals surface area contributed by atoms with Gasteiger partial charge in [-0.25, -0.2) is 12.8 Å². The Bertz CT molecular complexity index is 958. The number of anilines is 1. The van der Waals surface area contributed by atoms with Crippen molar-refractivity contribution in [3.63, 3.8) is 0 Å². The fraction of sp³-hybridized carbons (Fsp3) is 0.211. The van der Waals surface area contributed by atoms with Crippen molar-refractivity contribution in [2.24, 2.45) is 0 Å². The summed E-state index contributed by atoms with van der Waals surface area (Å²) >= 11 is 0. The number of sulfone groups is 1. The molecule has 0 fully saturated rings. The van der Waals surface area contributed by atoms with Crippen LogP contribution >= 0.6 is 0 Å². The fourth-order valence-corrected chi connectivity index (χ4v) is 3.91. The summed E-state index contributed by atoms with van der Waals surface area (Å²) in [6.45, 7) is 0. The molecule has 9 heteroatoms. The molecular weight excluding hydrogens is 389 g/mol. The monoisotopic (exact) mass is 407 g/mol. The maximum atomic E-state index is 12.9. The first-order valence-electron chi connectivity index (χ1n) is 8.16. The van der Waals surface area contributed by atoms with Crippen molar-refractivity contribution in [1.29, 1.82) is 0 Å². The van der Waals surface area contributed by atoms with Gasteiger partial charge in [0.15, 0.2) is 15.6 Å². The zero-order valence-corrected chi connectivity index (χ0v) is 15.7. The van der Waals surface area contributed by atoms with E-state index in [-0.39, 0.29) is 11.3 Å². The van der Waals surface area contributed by atoms with E-state index in [1.54, 1.807) is 18.2 Å². The number of hydrogen-bond donors (Lipinski definition) is 1. The standard InChI is InChI=1S/C19H18FNO6S/c1-27-18(23)11-16(19(24)13-5-3-2-4-6-13)28(25,26)12-17(22)21-15-9-7-14(20)8-10-15/h2-10,16H,11-12H2,1H3,(H,21,22). The summed E-state index contributed by atoms with van der Waals surface area (Å²) in [5.74, 6) is -4.15. The zero-order chi connectivity index (χ0) is 20.7. The minimum absolute atomic E-state index is 0.0962. The van der Waals surface area contributed by atoms with Crippen LogP contribution in [0, 0.1) is 5.82 Å². The van der Waals surface area contributed by atoms with Gasteiger partial charge in [-0.3, -0.25) is 14.4 Å². The zero-order valence-electron chi connectivity index (χ0n) is 14.9. The second-order valence-electron chi connectivity index (χ2n) is 5.86. The molecule has 0 aliphatic carbocycles. The third-order valence-electron chi connectivity index (χ3n) is 3.82. The van der Waals surface area contributed by atoms with E-state index in [0.29, 0.717) is 0 Å². The Kier molecular flexibility index (Phi) is 7.00. The first-order valence-corrected chi connectivity index (χ1v) is 9.87. The number of hydrogen-bond acceptors (Lipinski definition) is 6. The number of ketones is 1. The number of benzene rings is 2. The van der Waals surface area contributed by atoms with Gasteiger partial charge in [0, 0.05) is 11.3 Å². The lowest BCUT2D eigenvalue weighted by Gasteiger charge is -2.16. The lowest BCUT2D eigenvalue weighted by Crippen LogP contribution is -2.38. The predicted octanol–water partition coefficient (Wildman–Crippen LogP) is 1.99. The summed E-state index contributed by atoms with van der Waals surface area (Å²) in [5.41, 5.74) is 0.291. The molecule has 2 aromatic rings. The van der Waals surface area contributed by atoms with Crippen LogP contribution in [0.4, 0.5) is 10.1 Å². The third-order valence-corrected chi connectivity index (χ3v) is 5.74. The van der Waals surface area contributed by atoms with E-state index in [2.05, 4.69) is 10.1 Å². The number of rotatable bonds is 8. The smallest absolute Gasteiger partial charge is 0.307 e. The van der Waals surface area contributed by atoms with Crippen LogP contribution in [0.15, 0.2) is 54.6 Å². The molecule has 0 bridgehead atoms. The van der Waals surface area contributed by atoms with E-state index in [0.717, 1.165) is 19.2 Å². The molecule has 2 aromatic carbocycles. The number of nitrogens with one attached hydrogen (secondary N) is 1. The summed E-state index contributed by atoms with van der Waals surface area (Å²) in [6, 6.07) is 12.3. The average molecular weight is 407 g/mol. The van der Waals surface area contributed by atoms with Crippen molar-refractivity contribution in [2.45, 2.75) is 11.7 Å². The predicted molar refractivity (Wildman–Crippen MR) is 100 cm³/mol. The van der Waals surface area contributed by atoms with E-state index in [1.807, 2.05) is 0 Å². The fourth-order valence-electron chi connectivity index (χ4n) is 2.42. The molecule has 0 aliphatic heterocycles. The van der Waals surface area contributed by atoms with E-state index in [1.165, 1.54) is 24.3 Å². The molecule has 0 radical (unpaired) electrons. The summed E-state index contributed by atoms with van der Waals surface area (Å²) in [4.78, 5) is 36.4. The highest BCUT2D eigenvalue weighted by Crippen LogP contribution is 2.17. The number of amides is 1. The van der Waals surface area contributed by atoms with Crippen molar-refractivity contribution in [1.82, 2.24) is 0 Å². The second kappa shape index (κ2) is 9.23. The Labute approximate surface area is 161 Å². The summed E-state index contributed by atoms with van der Waals surface area (Å²) in [7, 11) is -3.27. The molecule has 148 valence electrons. The molecule has 0 saturated carbocycles. The number of Topliss-reactive ketones (excluding diaryl/α,β-unsaturated/α-hetero) is 1. The highest BCUT2D eigenvalue weighted by atomic mass is 32.2. The molecule has 2 rings (SSSR count). The molecule has 0 saturated heterocycles. The minimum Gasteiger partial charge on any atom is -0.469 e. The van der Waals surface area contributed by atoms with Crippen molar-refractivity contribution in [3.8, 4) is 0 Å². The Morgan fingerprint density at radius 3 is 2.21 bits per heavy atom. The van der Waals surface area contributed by atoms with E-state index in [9.17, 15) is 27.2 Å². The summed E-state index contributed by atoms with van der Waals surface area (Å²) in [6.07, 6.45) is -0.712. The topological polar surface area (TPSA) is 107 Å². The van der Waals surface area contributed by atoms with Crippen LogP contribution in [0.5, 0.6) is 0 Å². The van der Waals surface area contributed by atoms with Gasteiger partial charge in [0.25, 0.3) is 0 Å². The molecule has 0 aromatic heterocycles. The molecule has 1 amide bonds. The first kappa shape index (κ1) is 21.2. The van der Waals surface area contributed by atoms with E-state index >= 15 is 0 Å². The largest absolute Gasteiger partial charge is 0.469 e. The van der Waals surface area contributed by atoms with Crippen LogP contribution < -0.4 is 5.32 Å². The highest BCUT2D eigenvalue weighted by molar-refractivity contribution is 7.93. The molecule has 1 unspecified atom stereocenters.